The molecule has 2 fully saturated rings. The molecule has 196 valence electrons. The third-order valence-electron chi connectivity index (χ3n) is 8.02. The minimum absolute atomic E-state index is 0.0716. The van der Waals surface area contributed by atoms with E-state index in [1.807, 2.05) is 30.0 Å². The molecule has 5 rings (SSSR count). The lowest BCUT2D eigenvalue weighted by Crippen LogP contribution is -2.49. The van der Waals surface area contributed by atoms with E-state index in [9.17, 15) is 14.4 Å². The molecule has 3 aromatic rings. The maximum absolute atomic E-state index is 13.5. The number of aromatic nitrogens is 1. The lowest BCUT2D eigenvalue weighted by Gasteiger charge is -2.36. The Morgan fingerprint density at radius 2 is 1.74 bits per heavy atom. The third kappa shape index (κ3) is 5.56. The normalized spacial score (nSPS) is 16.9. The molecule has 2 aromatic carbocycles. The zero-order valence-corrected chi connectivity index (χ0v) is 22.2. The highest BCUT2D eigenvalue weighted by Crippen LogP contribution is 2.31. The predicted molar refractivity (Wildman–Crippen MR) is 147 cm³/mol. The Hall–Kier alpha value is -3.76. The first kappa shape index (κ1) is 25.9. The number of carbonyl (C=O) groups excluding carboxylic acids is 1. The first-order chi connectivity index (χ1) is 18.4. The van der Waals surface area contributed by atoms with Gasteiger partial charge in [0.2, 0.25) is 0 Å². The van der Waals surface area contributed by atoms with E-state index < -0.39 is 0 Å². The van der Waals surface area contributed by atoms with Crippen LogP contribution in [0.15, 0.2) is 54.7 Å². The number of piperidine rings is 1. The molecule has 0 spiro atoms. The minimum atomic E-state index is -0.345. The van der Waals surface area contributed by atoms with Crippen LogP contribution in [-0.4, -0.2) is 60.0 Å². The molecule has 0 unspecified atom stereocenters. The highest BCUT2D eigenvalue weighted by Gasteiger charge is 2.26. The molecule has 0 bridgehead atoms. The first-order valence-corrected chi connectivity index (χ1v) is 13.4. The lowest BCUT2D eigenvalue weighted by atomic mass is 9.86. The van der Waals surface area contributed by atoms with Gasteiger partial charge in [-0.25, -0.2) is 9.37 Å². The van der Waals surface area contributed by atoms with E-state index in [1.165, 1.54) is 29.0 Å². The van der Waals surface area contributed by atoms with Gasteiger partial charge in [-0.15, -0.1) is 0 Å². The van der Waals surface area contributed by atoms with Crippen LogP contribution in [0.1, 0.15) is 56.9 Å². The van der Waals surface area contributed by atoms with Crippen molar-refractivity contribution < 1.29 is 9.18 Å². The average Bonchev–Trinajstić information content (AvgIpc) is 2.95. The predicted octanol–water partition coefficient (Wildman–Crippen LogP) is 5.05. The van der Waals surface area contributed by atoms with Gasteiger partial charge in [-0.1, -0.05) is 24.3 Å². The number of nitrogens with zero attached hydrogens (tertiary/aromatic N) is 5. The van der Waals surface area contributed by atoms with Crippen LogP contribution in [0.5, 0.6) is 0 Å². The van der Waals surface area contributed by atoms with Gasteiger partial charge in [0.25, 0.3) is 5.91 Å². The molecule has 0 saturated carbocycles. The number of hydrogen-bond acceptors (Lipinski definition) is 5. The van der Waals surface area contributed by atoms with E-state index in [4.69, 9.17) is 0 Å². The molecular formula is C31H34FN5O. The van der Waals surface area contributed by atoms with Gasteiger partial charge in [0.15, 0.2) is 0 Å². The van der Waals surface area contributed by atoms with Crippen LogP contribution in [0.4, 0.5) is 10.2 Å². The summed E-state index contributed by atoms with van der Waals surface area (Å²) in [6, 6.07) is 17.6. The molecule has 2 saturated heterocycles. The van der Waals surface area contributed by atoms with Crippen LogP contribution in [0, 0.1) is 31.0 Å². The number of piperazine rings is 1. The summed E-state index contributed by atoms with van der Waals surface area (Å²) in [5.41, 5.74) is 6.15. The molecule has 0 radical (unpaired) electrons. The van der Waals surface area contributed by atoms with E-state index in [1.54, 1.807) is 6.07 Å². The number of halogens is 1. The van der Waals surface area contributed by atoms with Crippen molar-refractivity contribution >= 4 is 11.7 Å². The number of rotatable bonds is 5. The highest BCUT2D eigenvalue weighted by molar-refractivity contribution is 5.96. The maximum Gasteiger partial charge on any atom is 0.254 e. The Labute approximate surface area is 224 Å². The van der Waals surface area contributed by atoms with E-state index in [2.05, 4.69) is 46.0 Å². The number of carbonyl (C=O) groups is 1. The van der Waals surface area contributed by atoms with Crippen molar-refractivity contribution in [2.75, 3.05) is 44.2 Å². The smallest absolute Gasteiger partial charge is 0.254 e. The van der Waals surface area contributed by atoms with E-state index in [0.29, 0.717) is 32.1 Å². The number of benzene rings is 2. The lowest BCUT2D eigenvalue weighted by molar-refractivity contribution is 0.0745. The summed E-state index contributed by atoms with van der Waals surface area (Å²) in [4.78, 5) is 24.2. The van der Waals surface area contributed by atoms with Crippen LogP contribution in [-0.2, 0) is 6.54 Å². The summed E-state index contributed by atoms with van der Waals surface area (Å²) >= 11 is 0. The van der Waals surface area contributed by atoms with Crippen molar-refractivity contribution in [1.82, 2.24) is 14.8 Å². The molecule has 0 N–H and O–H groups in total. The molecule has 1 aromatic heterocycles. The van der Waals surface area contributed by atoms with Gasteiger partial charge in [0.1, 0.15) is 11.6 Å². The van der Waals surface area contributed by atoms with Crippen LogP contribution >= 0.6 is 0 Å². The van der Waals surface area contributed by atoms with Crippen LogP contribution < -0.4 is 4.90 Å². The van der Waals surface area contributed by atoms with Gasteiger partial charge in [0.05, 0.1) is 17.8 Å². The molecule has 7 heteroatoms. The minimum Gasteiger partial charge on any atom is -0.353 e. The van der Waals surface area contributed by atoms with Gasteiger partial charge in [0, 0.05) is 38.3 Å². The molecular weight excluding hydrogens is 477 g/mol. The summed E-state index contributed by atoms with van der Waals surface area (Å²) in [5.74, 6) is 0.888. The Bertz CT molecular complexity index is 1330. The van der Waals surface area contributed by atoms with Gasteiger partial charge >= 0.3 is 0 Å². The summed E-state index contributed by atoms with van der Waals surface area (Å²) < 4.78 is 13.2. The topological polar surface area (TPSA) is 63.5 Å². The molecule has 1 amide bonds. The SMILES string of the molecule is Cc1cc(C)c(C(=O)N2CCN(c3ccc(F)cn3)CC2)cc1CN1CCC(c2ccccc2C#N)CC1. The fraction of sp³-hybridized carbons (Fsp3) is 0.387. The van der Waals surface area contributed by atoms with Crippen molar-refractivity contribution in [2.24, 2.45) is 0 Å². The highest BCUT2D eigenvalue weighted by atomic mass is 19.1. The molecule has 0 aliphatic carbocycles. The third-order valence-corrected chi connectivity index (χ3v) is 8.02. The molecule has 3 heterocycles. The standard InChI is InChI=1S/C31H34FN5O/c1-22-17-23(2)29(31(38)37-15-13-36(14-16-37)30-8-7-27(32)20-34-30)18-26(22)21-35-11-9-24(10-12-35)28-6-4-3-5-25(28)19-33/h3-8,17-18,20,24H,9-16,21H2,1-2H3. The summed E-state index contributed by atoms with van der Waals surface area (Å²) in [5, 5.41) is 9.48. The molecule has 6 nitrogen and oxygen atoms in total. The van der Waals surface area contributed by atoms with Gasteiger partial charge in [-0.05, 0) is 92.2 Å². The van der Waals surface area contributed by atoms with E-state index in [0.717, 1.165) is 55.0 Å². The number of likely N-dealkylation sites (tertiary alicyclic amines) is 1. The number of pyridine rings is 1. The fourth-order valence-corrected chi connectivity index (χ4v) is 5.76. The Balaban J connectivity index is 1.22. The zero-order valence-electron chi connectivity index (χ0n) is 22.2. The Kier molecular flexibility index (Phi) is 7.71. The zero-order chi connectivity index (χ0) is 26.6. The van der Waals surface area contributed by atoms with Crippen molar-refractivity contribution in [3.63, 3.8) is 0 Å². The monoisotopic (exact) mass is 511 g/mol. The second-order valence-electron chi connectivity index (χ2n) is 10.5. The quantitative estimate of drug-likeness (QED) is 0.480. The number of anilines is 1. The van der Waals surface area contributed by atoms with Gasteiger partial charge in [-0.2, -0.15) is 5.26 Å². The molecule has 0 atom stereocenters. The summed E-state index contributed by atoms with van der Waals surface area (Å²) in [7, 11) is 0. The molecule has 38 heavy (non-hydrogen) atoms. The van der Waals surface area contributed by atoms with Crippen molar-refractivity contribution in [3.8, 4) is 6.07 Å². The molecule has 2 aliphatic rings. The average molecular weight is 512 g/mol. The second-order valence-corrected chi connectivity index (χ2v) is 10.5. The number of aryl methyl sites for hydroxylation is 2. The van der Waals surface area contributed by atoms with E-state index >= 15 is 0 Å². The largest absolute Gasteiger partial charge is 0.353 e. The molecule has 2 aliphatic heterocycles. The Morgan fingerprint density at radius 1 is 1.00 bits per heavy atom. The van der Waals surface area contributed by atoms with Gasteiger partial charge in [-0.3, -0.25) is 9.69 Å². The van der Waals surface area contributed by atoms with Crippen molar-refractivity contribution in [2.45, 2.75) is 39.2 Å². The van der Waals surface area contributed by atoms with Crippen LogP contribution in [0.3, 0.4) is 0 Å². The van der Waals surface area contributed by atoms with Crippen molar-refractivity contribution in [3.05, 3.63) is 93.9 Å². The Morgan fingerprint density at radius 3 is 2.42 bits per heavy atom. The first-order valence-electron chi connectivity index (χ1n) is 13.4. The van der Waals surface area contributed by atoms with Crippen LogP contribution in [0.2, 0.25) is 0 Å². The number of hydrogen-bond donors (Lipinski definition) is 0. The van der Waals surface area contributed by atoms with Gasteiger partial charge < -0.3 is 9.80 Å². The summed E-state index contributed by atoms with van der Waals surface area (Å²) in [6.45, 7) is 9.47. The number of nitriles is 1. The van der Waals surface area contributed by atoms with E-state index in [-0.39, 0.29) is 11.7 Å². The summed E-state index contributed by atoms with van der Waals surface area (Å²) in [6.07, 6.45) is 3.29. The fourth-order valence-electron chi connectivity index (χ4n) is 5.76. The van der Waals surface area contributed by atoms with Crippen molar-refractivity contribution in [1.29, 1.82) is 5.26 Å². The number of amides is 1. The maximum atomic E-state index is 13.5. The van der Waals surface area contributed by atoms with Crippen LogP contribution in [0.25, 0.3) is 0 Å². The second kappa shape index (κ2) is 11.3.